The molecule has 0 spiro atoms. The fourth-order valence-electron chi connectivity index (χ4n) is 2.47. The molecule has 7 heteroatoms. The van der Waals surface area contributed by atoms with Crippen molar-refractivity contribution in [2.75, 3.05) is 18.4 Å². The summed E-state index contributed by atoms with van der Waals surface area (Å²) >= 11 is 0. The van der Waals surface area contributed by atoms with Gasteiger partial charge in [0.05, 0.1) is 0 Å². The molecule has 1 aromatic carbocycles. The molecule has 2 rings (SSSR count). The van der Waals surface area contributed by atoms with E-state index in [-0.39, 0.29) is 36.3 Å². The Kier molecular flexibility index (Phi) is 8.01. The Morgan fingerprint density at radius 2 is 1.92 bits per heavy atom. The number of nitrogens with one attached hydrogen (secondary N) is 2. The van der Waals surface area contributed by atoms with Crippen LogP contribution >= 0.6 is 12.4 Å². The minimum atomic E-state index is -0.229. The molecule has 4 N–H and O–H groups in total. The monoisotopic (exact) mass is 354 g/mol. The highest BCUT2D eigenvalue weighted by molar-refractivity contribution is 5.89. The second-order valence-corrected chi connectivity index (χ2v) is 6.19. The van der Waals surface area contributed by atoms with Crippen LogP contribution in [0.4, 0.5) is 10.5 Å². The average Bonchev–Trinajstić information content (AvgIpc) is 3.06. The Morgan fingerprint density at radius 1 is 1.25 bits per heavy atom. The number of benzene rings is 1. The van der Waals surface area contributed by atoms with Crippen molar-refractivity contribution >= 4 is 30.0 Å². The molecule has 0 saturated carbocycles. The minimum Gasteiger partial charge on any atom is -0.352 e. The summed E-state index contributed by atoms with van der Waals surface area (Å²) in [6.07, 6.45) is 2.13. The predicted octanol–water partition coefficient (Wildman–Crippen LogP) is 2.34. The Balaban J connectivity index is 0.00000288. The lowest BCUT2D eigenvalue weighted by molar-refractivity contribution is -0.125. The number of hydrogen-bond acceptors (Lipinski definition) is 3. The second kappa shape index (κ2) is 9.49. The Morgan fingerprint density at radius 3 is 2.54 bits per heavy atom. The molecule has 3 amide bonds. The van der Waals surface area contributed by atoms with Gasteiger partial charge in [-0.1, -0.05) is 19.1 Å². The zero-order chi connectivity index (χ0) is 16.8. The molecule has 0 bridgehead atoms. The first kappa shape index (κ1) is 20.3. The van der Waals surface area contributed by atoms with Gasteiger partial charge in [-0.3, -0.25) is 4.79 Å². The Hall–Kier alpha value is -1.79. The van der Waals surface area contributed by atoms with Gasteiger partial charge in [0, 0.05) is 37.3 Å². The van der Waals surface area contributed by atoms with E-state index >= 15 is 0 Å². The maximum absolute atomic E-state index is 12.1. The quantitative estimate of drug-likeness (QED) is 0.758. The van der Waals surface area contributed by atoms with Gasteiger partial charge in [-0.15, -0.1) is 12.4 Å². The third-order valence-corrected chi connectivity index (χ3v) is 4.24. The lowest BCUT2D eigenvalue weighted by Gasteiger charge is -2.17. The van der Waals surface area contributed by atoms with E-state index in [0.717, 1.165) is 37.2 Å². The van der Waals surface area contributed by atoms with E-state index in [9.17, 15) is 9.59 Å². The summed E-state index contributed by atoms with van der Waals surface area (Å²) in [5.74, 6) is -0.292. The summed E-state index contributed by atoms with van der Waals surface area (Å²) in [5, 5.41) is 5.78. The van der Waals surface area contributed by atoms with Crippen LogP contribution in [0.2, 0.25) is 0 Å². The van der Waals surface area contributed by atoms with Gasteiger partial charge in [0.2, 0.25) is 5.91 Å². The van der Waals surface area contributed by atoms with Crippen LogP contribution < -0.4 is 16.4 Å². The number of amides is 3. The summed E-state index contributed by atoms with van der Waals surface area (Å²) in [7, 11) is 0. The van der Waals surface area contributed by atoms with Gasteiger partial charge in [-0.25, -0.2) is 4.79 Å². The summed E-state index contributed by atoms with van der Waals surface area (Å²) in [4.78, 5) is 25.8. The van der Waals surface area contributed by atoms with Crippen molar-refractivity contribution in [3.63, 3.8) is 0 Å². The molecule has 1 aliphatic rings. The predicted molar refractivity (Wildman–Crippen MR) is 98.2 cm³/mol. The lowest BCUT2D eigenvalue weighted by Crippen LogP contribution is -2.38. The van der Waals surface area contributed by atoms with Crippen LogP contribution in [-0.4, -0.2) is 36.0 Å². The standard InChI is InChI=1S/C17H26N4O2.ClH/c1-12(13(2)18)16(22)19-11-14-6-5-7-15(10-14)20-17(23)21-8-3-4-9-21;/h5-7,10,12-13H,3-4,8-9,11,18H2,1-2H3,(H,19,22)(H,20,23);1H. The number of nitrogens with zero attached hydrogens (tertiary/aromatic N) is 1. The minimum absolute atomic E-state index is 0. The molecule has 2 atom stereocenters. The molecule has 1 aliphatic heterocycles. The van der Waals surface area contributed by atoms with Gasteiger partial charge < -0.3 is 21.3 Å². The molecule has 1 saturated heterocycles. The number of rotatable bonds is 5. The van der Waals surface area contributed by atoms with E-state index in [1.807, 2.05) is 43.0 Å². The number of likely N-dealkylation sites (tertiary alicyclic amines) is 1. The van der Waals surface area contributed by atoms with Gasteiger partial charge >= 0.3 is 6.03 Å². The van der Waals surface area contributed by atoms with Crippen molar-refractivity contribution in [1.82, 2.24) is 10.2 Å². The van der Waals surface area contributed by atoms with Crippen LogP contribution in [0.15, 0.2) is 24.3 Å². The molecular weight excluding hydrogens is 328 g/mol. The van der Waals surface area contributed by atoms with E-state index in [4.69, 9.17) is 5.73 Å². The molecule has 1 aromatic rings. The van der Waals surface area contributed by atoms with Crippen molar-refractivity contribution in [2.45, 2.75) is 39.3 Å². The summed E-state index contributed by atoms with van der Waals surface area (Å²) in [6, 6.07) is 7.28. The van der Waals surface area contributed by atoms with Crippen molar-refractivity contribution in [3.8, 4) is 0 Å². The van der Waals surface area contributed by atoms with Crippen molar-refractivity contribution in [1.29, 1.82) is 0 Å². The smallest absolute Gasteiger partial charge is 0.321 e. The highest BCUT2D eigenvalue weighted by Crippen LogP contribution is 2.14. The van der Waals surface area contributed by atoms with Crippen LogP contribution in [0.5, 0.6) is 0 Å². The largest absolute Gasteiger partial charge is 0.352 e. The number of carbonyl (C=O) groups is 2. The maximum atomic E-state index is 12.1. The van der Waals surface area contributed by atoms with Crippen molar-refractivity contribution in [3.05, 3.63) is 29.8 Å². The van der Waals surface area contributed by atoms with Crippen LogP contribution in [0, 0.1) is 5.92 Å². The number of anilines is 1. The SMILES string of the molecule is CC(N)C(C)C(=O)NCc1cccc(NC(=O)N2CCCC2)c1.Cl. The molecule has 0 aromatic heterocycles. The van der Waals surface area contributed by atoms with E-state index < -0.39 is 0 Å². The number of urea groups is 1. The number of hydrogen-bond donors (Lipinski definition) is 3. The third-order valence-electron chi connectivity index (χ3n) is 4.24. The fraction of sp³-hybridized carbons (Fsp3) is 0.529. The van der Waals surface area contributed by atoms with E-state index in [0.29, 0.717) is 6.54 Å². The highest BCUT2D eigenvalue weighted by Gasteiger charge is 2.18. The van der Waals surface area contributed by atoms with Crippen LogP contribution in [-0.2, 0) is 11.3 Å². The molecule has 6 nitrogen and oxygen atoms in total. The van der Waals surface area contributed by atoms with Crippen LogP contribution in [0.3, 0.4) is 0 Å². The van der Waals surface area contributed by atoms with Gasteiger partial charge in [-0.05, 0) is 37.5 Å². The van der Waals surface area contributed by atoms with Crippen molar-refractivity contribution < 1.29 is 9.59 Å². The molecule has 1 fully saturated rings. The zero-order valence-electron chi connectivity index (χ0n) is 14.2. The average molecular weight is 355 g/mol. The summed E-state index contributed by atoms with van der Waals surface area (Å²) < 4.78 is 0. The molecule has 24 heavy (non-hydrogen) atoms. The molecule has 134 valence electrons. The van der Waals surface area contributed by atoms with Gasteiger partial charge in [0.15, 0.2) is 0 Å². The molecule has 1 heterocycles. The Bertz CT molecular complexity index is 559. The Labute approximate surface area is 149 Å². The first-order valence-electron chi connectivity index (χ1n) is 8.15. The highest BCUT2D eigenvalue weighted by atomic mass is 35.5. The summed E-state index contributed by atoms with van der Waals surface area (Å²) in [6.45, 7) is 5.68. The number of halogens is 1. The fourth-order valence-corrected chi connectivity index (χ4v) is 2.47. The number of nitrogens with two attached hydrogens (primary N) is 1. The molecule has 0 aliphatic carbocycles. The lowest BCUT2D eigenvalue weighted by atomic mass is 10.0. The first-order valence-corrected chi connectivity index (χ1v) is 8.15. The summed E-state index contributed by atoms with van der Waals surface area (Å²) in [5.41, 5.74) is 7.42. The van der Waals surface area contributed by atoms with Crippen molar-refractivity contribution in [2.24, 2.45) is 11.7 Å². The van der Waals surface area contributed by atoms with E-state index in [2.05, 4.69) is 10.6 Å². The zero-order valence-corrected chi connectivity index (χ0v) is 15.1. The third kappa shape index (κ3) is 5.69. The van der Waals surface area contributed by atoms with Gasteiger partial charge in [0.25, 0.3) is 0 Å². The normalized spacial score (nSPS) is 16.0. The van der Waals surface area contributed by atoms with Gasteiger partial charge in [0.1, 0.15) is 0 Å². The van der Waals surface area contributed by atoms with Crippen LogP contribution in [0.25, 0.3) is 0 Å². The van der Waals surface area contributed by atoms with E-state index in [1.165, 1.54) is 0 Å². The first-order chi connectivity index (χ1) is 11.0. The van der Waals surface area contributed by atoms with E-state index in [1.54, 1.807) is 0 Å². The van der Waals surface area contributed by atoms with Gasteiger partial charge in [-0.2, -0.15) is 0 Å². The molecular formula is C17H27ClN4O2. The second-order valence-electron chi connectivity index (χ2n) is 6.19. The van der Waals surface area contributed by atoms with Crippen LogP contribution in [0.1, 0.15) is 32.3 Å². The molecule has 2 unspecified atom stereocenters. The molecule has 0 radical (unpaired) electrons. The maximum Gasteiger partial charge on any atom is 0.321 e. The topological polar surface area (TPSA) is 87.5 Å². The number of carbonyl (C=O) groups excluding carboxylic acids is 2.